The van der Waals surface area contributed by atoms with Crippen molar-refractivity contribution in [3.8, 4) is 0 Å². The lowest BCUT2D eigenvalue weighted by Crippen LogP contribution is -2.32. The molecule has 1 saturated heterocycles. The van der Waals surface area contributed by atoms with E-state index in [-0.39, 0.29) is 12.1 Å². The zero-order chi connectivity index (χ0) is 18.6. The maximum Gasteiger partial charge on any atom is 0.275 e. The van der Waals surface area contributed by atoms with Crippen LogP contribution in [0.5, 0.6) is 0 Å². The van der Waals surface area contributed by atoms with Gasteiger partial charge in [-0.05, 0) is 44.2 Å². The Kier molecular flexibility index (Phi) is 8.94. The third kappa shape index (κ3) is 8.32. The number of aromatic nitrogens is 1. The van der Waals surface area contributed by atoms with Gasteiger partial charge in [0.1, 0.15) is 5.82 Å². The highest BCUT2D eigenvalue weighted by Gasteiger charge is 2.13. The van der Waals surface area contributed by atoms with Crippen molar-refractivity contribution in [2.45, 2.75) is 38.4 Å². The van der Waals surface area contributed by atoms with Crippen LogP contribution in [-0.2, 0) is 9.47 Å². The van der Waals surface area contributed by atoms with Crippen LogP contribution in [0.15, 0.2) is 30.4 Å². The molecular formula is C16H24ClN5O4. The molecule has 1 aromatic heterocycles. The highest BCUT2D eigenvalue weighted by Crippen LogP contribution is 2.14. The Labute approximate surface area is 157 Å². The molecule has 0 radical (unpaired) electrons. The minimum atomic E-state index is -0.532. The van der Waals surface area contributed by atoms with E-state index in [9.17, 15) is 10.1 Å². The van der Waals surface area contributed by atoms with Crippen molar-refractivity contribution in [2.24, 2.45) is 0 Å². The maximum absolute atomic E-state index is 10.7. The van der Waals surface area contributed by atoms with E-state index in [0.717, 1.165) is 44.9 Å². The zero-order valence-corrected chi connectivity index (χ0v) is 15.2. The fourth-order valence-electron chi connectivity index (χ4n) is 2.32. The van der Waals surface area contributed by atoms with Gasteiger partial charge in [-0.2, -0.15) is 0 Å². The van der Waals surface area contributed by atoms with Gasteiger partial charge in [0.05, 0.1) is 9.95 Å². The summed E-state index contributed by atoms with van der Waals surface area (Å²) in [6.07, 6.45) is 7.08. The van der Waals surface area contributed by atoms with Crippen LogP contribution in [0.4, 0.5) is 5.82 Å². The van der Waals surface area contributed by atoms with Crippen LogP contribution in [0.25, 0.3) is 0 Å². The minimum Gasteiger partial charge on any atom is -0.365 e. The SMILES string of the molecule is O=[N+]([O-])/C=C(/NCCCCOC1CCCCO1)NNc1ccc(Cl)cn1. The molecule has 0 spiro atoms. The Bertz CT molecular complexity index is 579. The highest BCUT2D eigenvalue weighted by atomic mass is 35.5. The molecule has 2 rings (SSSR count). The van der Waals surface area contributed by atoms with E-state index in [1.165, 1.54) is 6.20 Å². The topological polar surface area (TPSA) is 111 Å². The molecule has 26 heavy (non-hydrogen) atoms. The molecule has 1 atom stereocenters. The lowest BCUT2D eigenvalue weighted by molar-refractivity contribution is -0.404. The average Bonchev–Trinajstić information content (AvgIpc) is 2.64. The van der Waals surface area contributed by atoms with Crippen LogP contribution < -0.4 is 16.2 Å². The first-order valence-electron chi connectivity index (χ1n) is 8.59. The summed E-state index contributed by atoms with van der Waals surface area (Å²) in [5, 5.41) is 14.2. The Balaban J connectivity index is 1.63. The second-order valence-corrected chi connectivity index (χ2v) is 6.18. The number of halogens is 1. The standard InChI is InChI=1S/C16H24ClN5O4/c17-13-6-7-14(19-11-13)20-21-15(12-22(23)24)18-8-2-4-10-26-16-5-1-3-9-25-16/h6-7,11-12,16,18,21H,1-5,8-10H2,(H,19,20)/b15-12-. The van der Waals surface area contributed by atoms with E-state index in [1.807, 2.05) is 0 Å². The minimum absolute atomic E-state index is 0.0839. The molecule has 0 bridgehead atoms. The summed E-state index contributed by atoms with van der Waals surface area (Å²) >= 11 is 5.76. The van der Waals surface area contributed by atoms with Crippen molar-refractivity contribution >= 4 is 17.4 Å². The smallest absolute Gasteiger partial charge is 0.275 e. The number of ether oxygens (including phenoxy) is 2. The van der Waals surface area contributed by atoms with Crippen molar-refractivity contribution in [3.05, 3.63) is 45.5 Å². The van der Waals surface area contributed by atoms with Gasteiger partial charge in [0.15, 0.2) is 12.1 Å². The molecule has 2 heterocycles. The van der Waals surface area contributed by atoms with Crippen LogP contribution in [0.2, 0.25) is 5.02 Å². The predicted molar refractivity (Wildman–Crippen MR) is 97.9 cm³/mol. The molecular weight excluding hydrogens is 362 g/mol. The molecule has 3 N–H and O–H groups in total. The van der Waals surface area contributed by atoms with Gasteiger partial charge in [0.2, 0.25) is 0 Å². The van der Waals surface area contributed by atoms with Crippen molar-refractivity contribution in [3.63, 3.8) is 0 Å². The monoisotopic (exact) mass is 385 g/mol. The number of nitro groups is 1. The molecule has 1 aliphatic heterocycles. The van der Waals surface area contributed by atoms with E-state index in [4.69, 9.17) is 21.1 Å². The molecule has 10 heteroatoms. The van der Waals surface area contributed by atoms with Crippen molar-refractivity contribution in [2.75, 3.05) is 25.2 Å². The van der Waals surface area contributed by atoms with Gasteiger partial charge in [-0.3, -0.25) is 21.0 Å². The van der Waals surface area contributed by atoms with Crippen molar-refractivity contribution in [1.82, 2.24) is 15.7 Å². The van der Waals surface area contributed by atoms with Crippen LogP contribution in [0.3, 0.4) is 0 Å². The number of rotatable bonds is 11. The Morgan fingerprint density at radius 2 is 2.35 bits per heavy atom. The number of anilines is 1. The van der Waals surface area contributed by atoms with Gasteiger partial charge in [-0.1, -0.05) is 11.6 Å². The molecule has 0 aliphatic carbocycles. The number of pyridine rings is 1. The van der Waals surface area contributed by atoms with Gasteiger partial charge < -0.3 is 14.8 Å². The second-order valence-electron chi connectivity index (χ2n) is 5.74. The van der Waals surface area contributed by atoms with E-state index >= 15 is 0 Å². The number of nitrogens with one attached hydrogen (secondary N) is 3. The maximum atomic E-state index is 10.7. The molecule has 0 saturated carbocycles. The molecule has 0 amide bonds. The Morgan fingerprint density at radius 1 is 1.46 bits per heavy atom. The molecule has 1 fully saturated rings. The first-order valence-corrected chi connectivity index (χ1v) is 8.97. The number of nitrogens with zero attached hydrogens (tertiary/aromatic N) is 2. The number of hydrogen-bond donors (Lipinski definition) is 3. The van der Waals surface area contributed by atoms with Crippen molar-refractivity contribution in [1.29, 1.82) is 0 Å². The van der Waals surface area contributed by atoms with Gasteiger partial charge in [-0.15, -0.1) is 0 Å². The predicted octanol–water partition coefficient (Wildman–Crippen LogP) is 2.64. The molecule has 1 aliphatic rings. The fraction of sp³-hybridized carbons (Fsp3) is 0.562. The lowest BCUT2D eigenvalue weighted by atomic mass is 10.2. The van der Waals surface area contributed by atoms with E-state index in [0.29, 0.717) is 24.0 Å². The molecule has 9 nitrogen and oxygen atoms in total. The Morgan fingerprint density at radius 3 is 3.04 bits per heavy atom. The van der Waals surface area contributed by atoms with Gasteiger partial charge >= 0.3 is 0 Å². The number of unbranched alkanes of at least 4 members (excludes halogenated alkanes) is 1. The first kappa shape index (κ1) is 20.2. The quantitative estimate of drug-likeness (QED) is 0.303. The van der Waals surface area contributed by atoms with E-state index < -0.39 is 4.92 Å². The zero-order valence-electron chi connectivity index (χ0n) is 14.4. The molecule has 1 unspecified atom stereocenters. The van der Waals surface area contributed by atoms with Crippen molar-refractivity contribution < 1.29 is 14.4 Å². The summed E-state index contributed by atoms with van der Waals surface area (Å²) in [4.78, 5) is 14.2. The fourth-order valence-corrected chi connectivity index (χ4v) is 2.43. The summed E-state index contributed by atoms with van der Waals surface area (Å²) in [6, 6.07) is 3.32. The van der Waals surface area contributed by atoms with Crippen LogP contribution in [0.1, 0.15) is 32.1 Å². The van der Waals surface area contributed by atoms with E-state index in [2.05, 4.69) is 21.2 Å². The molecule has 1 aromatic rings. The van der Waals surface area contributed by atoms with Gasteiger partial charge in [0, 0.05) is 26.0 Å². The van der Waals surface area contributed by atoms with Gasteiger partial charge in [0.25, 0.3) is 6.20 Å². The second kappa shape index (κ2) is 11.5. The normalized spacial score (nSPS) is 17.6. The van der Waals surface area contributed by atoms with Crippen LogP contribution in [0, 0.1) is 10.1 Å². The highest BCUT2D eigenvalue weighted by molar-refractivity contribution is 6.30. The van der Waals surface area contributed by atoms with Crippen LogP contribution >= 0.6 is 11.6 Å². The van der Waals surface area contributed by atoms with E-state index in [1.54, 1.807) is 12.1 Å². The number of hydrogen-bond acceptors (Lipinski definition) is 8. The Hall–Kier alpha value is -2.10. The molecule has 0 aromatic carbocycles. The summed E-state index contributed by atoms with van der Waals surface area (Å²) in [6.45, 7) is 1.95. The largest absolute Gasteiger partial charge is 0.365 e. The number of hydrazine groups is 1. The summed E-state index contributed by atoms with van der Waals surface area (Å²) in [7, 11) is 0. The summed E-state index contributed by atoms with van der Waals surface area (Å²) in [5.74, 6) is 0.731. The lowest BCUT2D eigenvalue weighted by Gasteiger charge is -2.22. The van der Waals surface area contributed by atoms with Gasteiger partial charge in [-0.25, -0.2) is 4.98 Å². The average molecular weight is 386 g/mol. The summed E-state index contributed by atoms with van der Waals surface area (Å²) < 4.78 is 11.1. The summed E-state index contributed by atoms with van der Waals surface area (Å²) in [5.41, 5.74) is 5.51. The molecule has 144 valence electrons. The first-order chi connectivity index (χ1) is 12.6. The van der Waals surface area contributed by atoms with Crippen LogP contribution in [-0.4, -0.2) is 36.0 Å². The third-order valence-electron chi connectivity index (χ3n) is 3.62. The third-order valence-corrected chi connectivity index (χ3v) is 3.84.